The summed E-state index contributed by atoms with van der Waals surface area (Å²) in [5.41, 5.74) is 3.30. The van der Waals surface area contributed by atoms with Gasteiger partial charge in [0.25, 0.3) is 0 Å². The number of nitrogens with zero attached hydrogens (tertiary/aromatic N) is 3. The minimum atomic E-state index is -0.651. The van der Waals surface area contributed by atoms with Crippen LogP contribution in [0.2, 0.25) is 0 Å². The number of hydrogen-bond donors (Lipinski definition) is 1. The van der Waals surface area contributed by atoms with Gasteiger partial charge in [-0.3, -0.25) is 19.6 Å². The van der Waals surface area contributed by atoms with Crippen molar-refractivity contribution in [2.24, 2.45) is 5.41 Å². The molecular weight excluding hydrogens is 412 g/mol. The zero-order valence-corrected chi connectivity index (χ0v) is 19.0. The molecule has 1 saturated heterocycles. The summed E-state index contributed by atoms with van der Waals surface area (Å²) in [5.74, 6) is 0.0401. The number of piperidine rings is 1. The lowest BCUT2D eigenvalue weighted by Crippen LogP contribution is -2.54. The van der Waals surface area contributed by atoms with Gasteiger partial charge in [0.05, 0.1) is 11.8 Å². The van der Waals surface area contributed by atoms with Crippen molar-refractivity contribution in [2.45, 2.75) is 32.6 Å². The quantitative estimate of drug-likeness (QED) is 0.606. The van der Waals surface area contributed by atoms with Crippen molar-refractivity contribution in [3.63, 3.8) is 0 Å². The van der Waals surface area contributed by atoms with E-state index in [0.717, 1.165) is 35.2 Å². The van der Waals surface area contributed by atoms with E-state index in [1.54, 1.807) is 12.4 Å². The Labute approximate surface area is 195 Å². The lowest BCUT2D eigenvalue weighted by Gasteiger charge is -2.42. The highest BCUT2D eigenvalue weighted by Crippen LogP contribution is 2.35. The van der Waals surface area contributed by atoms with Gasteiger partial charge in [0.15, 0.2) is 0 Å². The first-order valence-electron chi connectivity index (χ1n) is 11.5. The summed E-state index contributed by atoms with van der Waals surface area (Å²) >= 11 is 0. The number of amides is 2. The van der Waals surface area contributed by atoms with Gasteiger partial charge in [0, 0.05) is 43.9 Å². The molecule has 1 atom stereocenters. The molecule has 1 aliphatic heterocycles. The SMILES string of the molecule is CCNC(=O)[C@@]1(Cc2cccc(-c3cccnc3)c2)CCCN(C(=O)Cc2ccccn2)C1. The van der Waals surface area contributed by atoms with Crippen LogP contribution in [0, 0.1) is 5.41 Å². The molecule has 0 spiro atoms. The average Bonchev–Trinajstić information content (AvgIpc) is 2.85. The van der Waals surface area contributed by atoms with E-state index in [0.29, 0.717) is 26.1 Å². The van der Waals surface area contributed by atoms with Gasteiger partial charge in [-0.2, -0.15) is 0 Å². The molecule has 1 aliphatic rings. The third-order valence-electron chi connectivity index (χ3n) is 6.27. The van der Waals surface area contributed by atoms with Crippen LogP contribution in [0.3, 0.4) is 0 Å². The summed E-state index contributed by atoms with van der Waals surface area (Å²) in [4.78, 5) is 36.8. The standard InChI is InChI=1S/C27H30N4O2/c1-2-29-26(33)27(18-21-8-5-9-22(16-21)23-10-6-13-28-19-23)12-7-15-31(20-27)25(32)17-24-11-3-4-14-30-24/h3-6,8-11,13-14,16,19H,2,7,12,15,17-18,20H2,1H3,(H,29,33)/t27-/m1/s1. The van der Waals surface area contributed by atoms with E-state index in [1.807, 2.05) is 54.4 Å². The maximum Gasteiger partial charge on any atom is 0.228 e. The molecule has 2 aromatic heterocycles. The molecule has 0 saturated carbocycles. The Bertz CT molecular complexity index is 1090. The van der Waals surface area contributed by atoms with Crippen LogP contribution in [0.25, 0.3) is 11.1 Å². The second-order valence-electron chi connectivity index (χ2n) is 8.68. The second kappa shape index (κ2) is 10.4. The highest BCUT2D eigenvalue weighted by Gasteiger charge is 2.43. The van der Waals surface area contributed by atoms with Gasteiger partial charge in [-0.15, -0.1) is 0 Å². The average molecular weight is 443 g/mol. The van der Waals surface area contributed by atoms with Crippen LogP contribution in [0.5, 0.6) is 0 Å². The summed E-state index contributed by atoms with van der Waals surface area (Å²) in [5, 5.41) is 3.03. The summed E-state index contributed by atoms with van der Waals surface area (Å²) in [6.07, 6.45) is 7.69. The van der Waals surface area contributed by atoms with Crippen molar-refractivity contribution in [1.29, 1.82) is 0 Å². The van der Waals surface area contributed by atoms with Gasteiger partial charge in [0.2, 0.25) is 11.8 Å². The zero-order valence-electron chi connectivity index (χ0n) is 19.0. The van der Waals surface area contributed by atoms with E-state index in [1.165, 1.54) is 0 Å². The van der Waals surface area contributed by atoms with Crippen LogP contribution in [0.1, 0.15) is 31.0 Å². The van der Waals surface area contributed by atoms with Crippen molar-refractivity contribution >= 4 is 11.8 Å². The molecule has 0 aliphatic carbocycles. The Hall–Kier alpha value is -3.54. The Balaban J connectivity index is 1.57. The fraction of sp³-hybridized carbons (Fsp3) is 0.333. The summed E-state index contributed by atoms with van der Waals surface area (Å²) in [7, 11) is 0. The minimum Gasteiger partial charge on any atom is -0.356 e. The third kappa shape index (κ3) is 5.45. The molecule has 6 nitrogen and oxygen atoms in total. The number of carbonyl (C=O) groups is 2. The first-order valence-corrected chi connectivity index (χ1v) is 11.5. The van der Waals surface area contributed by atoms with Crippen molar-refractivity contribution in [3.8, 4) is 11.1 Å². The lowest BCUT2D eigenvalue weighted by atomic mass is 9.74. The molecule has 4 rings (SSSR count). The molecule has 6 heteroatoms. The molecular formula is C27H30N4O2. The van der Waals surface area contributed by atoms with Gasteiger partial charge >= 0.3 is 0 Å². The van der Waals surface area contributed by atoms with Gasteiger partial charge in [0.1, 0.15) is 0 Å². The molecule has 1 aromatic carbocycles. The minimum absolute atomic E-state index is 0.0196. The summed E-state index contributed by atoms with van der Waals surface area (Å²) < 4.78 is 0. The predicted molar refractivity (Wildman–Crippen MR) is 128 cm³/mol. The second-order valence-corrected chi connectivity index (χ2v) is 8.68. The van der Waals surface area contributed by atoms with E-state index >= 15 is 0 Å². The van der Waals surface area contributed by atoms with Crippen LogP contribution < -0.4 is 5.32 Å². The molecule has 2 amide bonds. The number of carbonyl (C=O) groups excluding carboxylic acids is 2. The molecule has 170 valence electrons. The molecule has 0 radical (unpaired) electrons. The maximum atomic E-state index is 13.3. The topological polar surface area (TPSA) is 75.2 Å². The molecule has 0 unspecified atom stereocenters. The van der Waals surface area contributed by atoms with Crippen LogP contribution in [-0.2, 0) is 22.4 Å². The largest absolute Gasteiger partial charge is 0.356 e. The molecule has 33 heavy (non-hydrogen) atoms. The summed E-state index contributed by atoms with van der Waals surface area (Å²) in [6, 6.07) is 17.8. The molecule has 3 aromatic rings. The number of pyridine rings is 2. The number of nitrogens with one attached hydrogen (secondary N) is 1. The molecule has 0 bridgehead atoms. The fourth-order valence-electron chi connectivity index (χ4n) is 4.66. The number of hydrogen-bond acceptors (Lipinski definition) is 4. The molecule has 1 N–H and O–H groups in total. The van der Waals surface area contributed by atoms with Crippen molar-refractivity contribution in [1.82, 2.24) is 20.2 Å². The Morgan fingerprint density at radius 2 is 1.94 bits per heavy atom. The van der Waals surface area contributed by atoms with Gasteiger partial charge in [-0.05, 0) is 61.1 Å². The van der Waals surface area contributed by atoms with Gasteiger partial charge in [-0.1, -0.05) is 36.4 Å². The number of benzene rings is 1. The Kier molecular flexibility index (Phi) is 7.13. The highest BCUT2D eigenvalue weighted by atomic mass is 16.2. The van der Waals surface area contributed by atoms with Crippen molar-refractivity contribution in [3.05, 3.63) is 84.4 Å². The normalized spacial score (nSPS) is 18.0. The van der Waals surface area contributed by atoms with Gasteiger partial charge < -0.3 is 10.2 Å². The first kappa shape index (κ1) is 22.6. The monoisotopic (exact) mass is 442 g/mol. The smallest absolute Gasteiger partial charge is 0.228 e. The molecule has 1 fully saturated rings. The number of aromatic nitrogens is 2. The Morgan fingerprint density at radius 3 is 2.70 bits per heavy atom. The van der Waals surface area contributed by atoms with Gasteiger partial charge in [-0.25, -0.2) is 0 Å². The number of rotatable bonds is 7. The van der Waals surface area contributed by atoms with E-state index in [-0.39, 0.29) is 18.2 Å². The fourth-order valence-corrected chi connectivity index (χ4v) is 4.66. The van der Waals surface area contributed by atoms with E-state index < -0.39 is 5.41 Å². The Morgan fingerprint density at radius 1 is 1.06 bits per heavy atom. The maximum absolute atomic E-state index is 13.3. The third-order valence-corrected chi connectivity index (χ3v) is 6.27. The molecule has 3 heterocycles. The zero-order chi connectivity index (χ0) is 23.1. The van der Waals surface area contributed by atoms with E-state index in [9.17, 15) is 9.59 Å². The number of likely N-dealkylation sites (tertiary alicyclic amines) is 1. The van der Waals surface area contributed by atoms with Crippen LogP contribution in [-0.4, -0.2) is 46.3 Å². The first-order chi connectivity index (χ1) is 16.1. The van der Waals surface area contributed by atoms with Crippen LogP contribution >= 0.6 is 0 Å². The predicted octanol–water partition coefficient (Wildman–Crippen LogP) is 3.67. The van der Waals surface area contributed by atoms with Crippen LogP contribution in [0.15, 0.2) is 73.2 Å². The van der Waals surface area contributed by atoms with Crippen LogP contribution in [0.4, 0.5) is 0 Å². The van der Waals surface area contributed by atoms with Crippen molar-refractivity contribution in [2.75, 3.05) is 19.6 Å². The lowest BCUT2D eigenvalue weighted by molar-refractivity contribution is -0.141. The van der Waals surface area contributed by atoms with Crippen molar-refractivity contribution < 1.29 is 9.59 Å². The highest BCUT2D eigenvalue weighted by molar-refractivity contribution is 5.85. The summed E-state index contributed by atoms with van der Waals surface area (Å²) in [6.45, 7) is 3.59. The van der Waals surface area contributed by atoms with E-state index in [2.05, 4.69) is 33.5 Å². The van der Waals surface area contributed by atoms with E-state index in [4.69, 9.17) is 0 Å².